The third-order valence-corrected chi connectivity index (χ3v) is 3.41. The third kappa shape index (κ3) is 3.76. The van der Waals surface area contributed by atoms with E-state index < -0.39 is 12.0 Å². The van der Waals surface area contributed by atoms with Crippen LogP contribution in [-0.4, -0.2) is 17.2 Å². The summed E-state index contributed by atoms with van der Waals surface area (Å²) in [6.45, 7) is 1.77. The van der Waals surface area contributed by atoms with Crippen molar-refractivity contribution in [1.82, 2.24) is 4.98 Å². The molecule has 0 fully saturated rings. The Labute approximate surface area is 135 Å². The summed E-state index contributed by atoms with van der Waals surface area (Å²) in [6, 6.07) is 8.93. The molecule has 24 heavy (non-hydrogen) atoms. The Morgan fingerprint density at radius 3 is 2.50 bits per heavy atom. The summed E-state index contributed by atoms with van der Waals surface area (Å²) in [7, 11) is 0. The Balaban J connectivity index is 1.67. The summed E-state index contributed by atoms with van der Waals surface area (Å²) in [5.41, 5.74) is -0.167. The molecule has 0 bridgehead atoms. The van der Waals surface area contributed by atoms with E-state index in [1.165, 1.54) is 24.3 Å². The lowest BCUT2D eigenvalue weighted by Gasteiger charge is -2.21. The molecule has 0 saturated heterocycles. The second kappa shape index (κ2) is 6.03. The summed E-state index contributed by atoms with van der Waals surface area (Å²) in [5.74, 6) is 0.597. The summed E-state index contributed by atoms with van der Waals surface area (Å²) in [6.07, 6.45) is -1.22. The number of nitrogens with zero attached hydrogens (tertiary/aromatic N) is 2. The van der Waals surface area contributed by atoms with Gasteiger partial charge in [0.15, 0.2) is 5.60 Å². The highest BCUT2D eigenvalue weighted by Crippen LogP contribution is 2.36. The van der Waals surface area contributed by atoms with E-state index in [1.54, 1.807) is 31.5 Å². The number of oxime groups is 1. The molecule has 5 nitrogen and oxygen atoms in total. The van der Waals surface area contributed by atoms with Crippen LogP contribution in [0.5, 0.6) is 11.5 Å². The van der Waals surface area contributed by atoms with Gasteiger partial charge in [-0.2, -0.15) is 0 Å². The van der Waals surface area contributed by atoms with E-state index in [9.17, 15) is 13.2 Å². The van der Waals surface area contributed by atoms with E-state index in [1.807, 2.05) is 0 Å². The predicted octanol–water partition coefficient (Wildman–Crippen LogP) is 4.01. The molecule has 0 radical (unpaired) electrons. The second-order valence-corrected chi connectivity index (χ2v) is 5.35. The lowest BCUT2D eigenvalue weighted by molar-refractivity contribution is -0.274. The van der Waals surface area contributed by atoms with Crippen molar-refractivity contribution in [1.29, 1.82) is 0 Å². The van der Waals surface area contributed by atoms with Crippen LogP contribution in [-0.2, 0) is 10.4 Å². The molecule has 3 rings (SSSR count). The number of hydrogen-bond donors (Lipinski definition) is 0. The molecule has 1 aliphatic heterocycles. The van der Waals surface area contributed by atoms with Gasteiger partial charge in [0.2, 0.25) is 5.90 Å². The van der Waals surface area contributed by atoms with Crippen molar-refractivity contribution in [2.24, 2.45) is 5.16 Å². The molecule has 0 aliphatic carbocycles. The molecule has 126 valence electrons. The van der Waals surface area contributed by atoms with Crippen molar-refractivity contribution >= 4 is 5.90 Å². The molecule has 0 unspecified atom stereocenters. The van der Waals surface area contributed by atoms with Crippen LogP contribution >= 0.6 is 0 Å². The molecule has 1 aliphatic rings. The first-order valence-electron chi connectivity index (χ1n) is 7.03. The van der Waals surface area contributed by atoms with E-state index in [2.05, 4.69) is 14.9 Å². The first-order valence-corrected chi connectivity index (χ1v) is 7.03. The van der Waals surface area contributed by atoms with Crippen molar-refractivity contribution in [3.8, 4) is 11.5 Å². The molecule has 0 amide bonds. The standard InChI is InChI=1S/C16H13F3N2O3/c1-15(11-4-6-12(7-5-11)23-16(17,18)19)9-14(21-24-15)22-13-3-2-8-20-10-13/h2-8,10H,9H2,1H3/t15-/m1/s1. The molecule has 1 aromatic carbocycles. The summed E-state index contributed by atoms with van der Waals surface area (Å²) >= 11 is 0. The van der Waals surface area contributed by atoms with Crippen LogP contribution in [0.15, 0.2) is 53.9 Å². The normalized spacial score (nSPS) is 20.2. The molecule has 1 aromatic heterocycles. The minimum Gasteiger partial charge on any atom is -0.438 e. The van der Waals surface area contributed by atoms with Crippen molar-refractivity contribution in [3.63, 3.8) is 0 Å². The number of rotatable bonds is 3. The number of hydrogen-bond acceptors (Lipinski definition) is 5. The van der Waals surface area contributed by atoms with E-state index in [0.29, 0.717) is 23.6 Å². The lowest BCUT2D eigenvalue weighted by atomic mass is 9.93. The maximum Gasteiger partial charge on any atom is 0.573 e. The van der Waals surface area contributed by atoms with Gasteiger partial charge in [0.05, 0.1) is 12.6 Å². The predicted molar refractivity (Wildman–Crippen MR) is 78.5 cm³/mol. The fraction of sp³-hybridized carbons (Fsp3) is 0.250. The van der Waals surface area contributed by atoms with Crippen LogP contribution < -0.4 is 9.47 Å². The zero-order valence-electron chi connectivity index (χ0n) is 12.6. The largest absolute Gasteiger partial charge is 0.573 e. The topological polar surface area (TPSA) is 52.9 Å². The van der Waals surface area contributed by atoms with Crippen LogP contribution in [0.3, 0.4) is 0 Å². The quantitative estimate of drug-likeness (QED) is 0.849. The molecular weight excluding hydrogens is 325 g/mol. The van der Waals surface area contributed by atoms with Crippen molar-refractivity contribution < 1.29 is 27.5 Å². The fourth-order valence-corrected chi connectivity index (χ4v) is 2.27. The van der Waals surface area contributed by atoms with Crippen LogP contribution in [0.2, 0.25) is 0 Å². The molecule has 2 heterocycles. The molecule has 2 aromatic rings. The smallest absolute Gasteiger partial charge is 0.438 e. The van der Waals surface area contributed by atoms with Gasteiger partial charge in [0.1, 0.15) is 11.5 Å². The Morgan fingerprint density at radius 2 is 1.88 bits per heavy atom. The zero-order chi connectivity index (χ0) is 17.2. The van der Waals surface area contributed by atoms with Crippen molar-refractivity contribution in [2.75, 3.05) is 0 Å². The van der Waals surface area contributed by atoms with E-state index in [0.717, 1.165) is 0 Å². The molecule has 1 atom stereocenters. The van der Waals surface area contributed by atoms with Crippen LogP contribution in [0.4, 0.5) is 13.2 Å². The van der Waals surface area contributed by atoms with Gasteiger partial charge < -0.3 is 14.3 Å². The minimum absolute atomic E-state index is 0.291. The monoisotopic (exact) mass is 338 g/mol. The number of halogens is 3. The van der Waals surface area contributed by atoms with Crippen molar-refractivity contribution in [2.45, 2.75) is 25.3 Å². The number of aromatic nitrogens is 1. The lowest BCUT2D eigenvalue weighted by Crippen LogP contribution is -2.23. The molecule has 0 N–H and O–H groups in total. The fourth-order valence-electron chi connectivity index (χ4n) is 2.27. The molecule has 0 saturated carbocycles. The van der Waals surface area contributed by atoms with Crippen LogP contribution in [0.1, 0.15) is 18.9 Å². The number of alkyl halides is 3. The molecular formula is C16H13F3N2O3. The Hall–Kier alpha value is -2.77. The van der Waals surface area contributed by atoms with Gasteiger partial charge in [0.25, 0.3) is 0 Å². The average Bonchev–Trinajstić information content (AvgIpc) is 2.90. The number of ether oxygens (including phenoxy) is 2. The number of pyridine rings is 1. The summed E-state index contributed by atoms with van der Waals surface area (Å²) in [4.78, 5) is 9.37. The van der Waals surface area contributed by atoms with Gasteiger partial charge >= 0.3 is 6.36 Å². The summed E-state index contributed by atoms with van der Waals surface area (Å²) in [5, 5.41) is 3.90. The van der Waals surface area contributed by atoms with Gasteiger partial charge in [-0.25, -0.2) is 0 Å². The van der Waals surface area contributed by atoms with Gasteiger partial charge in [0, 0.05) is 6.20 Å². The van der Waals surface area contributed by atoms with E-state index in [4.69, 9.17) is 9.57 Å². The number of benzene rings is 1. The first-order chi connectivity index (χ1) is 11.3. The highest BCUT2D eigenvalue weighted by Gasteiger charge is 2.38. The highest BCUT2D eigenvalue weighted by molar-refractivity contribution is 5.80. The third-order valence-electron chi connectivity index (χ3n) is 3.41. The zero-order valence-corrected chi connectivity index (χ0v) is 12.6. The maximum atomic E-state index is 12.2. The minimum atomic E-state index is -4.72. The first kappa shape index (κ1) is 16.1. The second-order valence-electron chi connectivity index (χ2n) is 5.35. The van der Waals surface area contributed by atoms with Gasteiger partial charge in [-0.05, 0) is 36.8 Å². The van der Waals surface area contributed by atoms with Gasteiger partial charge in [-0.15, -0.1) is 13.2 Å². The highest BCUT2D eigenvalue weighted by atomic mass is 19.4. The maximum absolute atomic E-state index is 12.2. The van der Waals surface area contributed by atoms with Crippen LogP contribution in [0, 0.1) is 0 Å². The van der Waals surface area contributed by atoms with Gasteiger partial charge in [-0.1, -0.05) is 17.3 Å². The Morgan fingerprint density at radius 1 is 1.12 bits per heavy atom. The Kier molecular flexibility index (Phi) is 4.04. The Bertz CT molecular complexity index is 732. The van der Waals surface area contributed by atoms with E-state index >= 15 is 0 Å². The summed E-state index contributed by atoms with van der Waals surface area (Å²) < 4.78 is 46.0. The molecule has 0 spiro atoms. The van der Waals surface area contributed by atoms with E-state index in [-0.39, 0.29) is 5.75 Å². The molecule has 8 heteroatoms. The average molecular weight is 338 g/mol. The van der Waals surface area contributed by atoms with Gasteiger partial charge in [-0.3, -0.25) is 4.98 Å². The van der Waals surface area contributed by atoms with Crippen molar-refractivity contribution in [3.05, 3.63) is 54.4 Å². The van der Waals surface area contributed by atoms with Crippen LogP contribution in [0.25, 0.3) is 0 Å². The SMILES string of the molecule is C[C@]1(c2ccc(OC(F)(F)F)cc2)CC(Oc2cccnc2)=NO1.